The minimum Gasteiger partial charge on any atom is -0.445 e. The van der Waals surface area contributed by atoms with E-state index in [-0.39, 0.29) is 6.61 Å². The van der Waals surface area contributed by atoms with Crippen LogP contribution in [0.3, 0.4) is 0 Å². The van der Waals surface area contributed by atoms with Crippen LogP contribution in [0.2, 0.25) is 0 Å². The van der Waals surface area contributed by atoms with Crippen LogP contribution in [0.25, 0.3) is 0 Å². The second-order valence-corrected chi connectivity index (χ2v) is 7.05. The summed E-state index contributed by atoms with van der Waals surface area (Å²) in [6.45, 7) is 0.0921. The van der Waals surface area contributed by atoms with Crippen LogP contribution in [-0.4, -0.2) is 36.2 Å². The van der Waals surface area contributed by atoms with Crippen molar-refractivity contribution >= 4 is 24.1 Å². The van der Waals surface area contributed by atoms with E-state index in [9.17, 15) is 14.4 Å². The quantitative estimate of drug-likeness (QED) is 0.480. The largest absolute Gasteiger partial charge is 0.445 e. The van der Waals surface area contributed by atoms with Gasteiger partial charge in [0.2, 0.25) is 11.8 Å². The minimum atomic E-state index is -1.21. The molecule has 0 bridgehead atoms. The lowest BCUT2D eigenvalue weighted by atomic mass is 9.84. The molecule has 3 amide bonds. The highest BCUT2D eigenvalue weighted by atomic mass is 16.5. The van der Waals surface area contributed by atoms with E-state index < -0.39 is 30.0 Å². The fourth-order valence-corrected chi connectivity index (χ4v) is 3.34. The highest BCUT2D eigenvalue weighted by Gasteiger charge is 2.28. The molecule has 0 radical (unpaired) electrons. The summed E-state index contributed by atoms with van der Waals surface area (Å²) in [5, 5.41) is 12.2. The molecule has 1 fully saturated rings. The standard InChI is InChI=1S/C20H28N4O4/c21-12-17(18(22)25)23-19(26)16(11-14-7-3-1-4-8-14)24-20(27)28-13-15-9-5-2-6-10-15/h2,5-6,9-10,12,14,16-17,21H,1,3-4,7-8,11,13H2,(H2,22,25)(H,23,26)(H,24,27)/t16-,17?/m0/s1. The summed E-state index contributed by atoms with van der Waals surface area (Å²) < 4.78 is 5.21. The first-order valence-electron chi connectivity index (χ1n) is 9.57. The molecule has 8 nitrogen and oxygen atoms in total. The topological polar surface area (TPSA) is 134 Å². The third-order valence-electron chi connectivity index (χ3n) is 4.89. The van der Waals surface area contributed by atoms with E-state index in [1.54, 1.807) is 0 Å². The van der Waals surface area contributed by atoms with Crippen molar-refractivity contribution in [3.8, 4) is 0 Å². The molecule has 5 N–H and O–H groups in total. The van der Waals surface area contributed by atoms with Crippen LogP contribution in [0.15, 0.2) is 30.3 Å². The molecule has 1 saturated carbocycles. The molecule has 28 heavy (non-hydrogen) atoms. The average molecular weight is 388 g/mol. The molecular formula is C20H28N4O4. The predicted octanol–water partition coefficient (Wildman–Crippen LogP) is 1.87. The fourth-order valence-electron chi connectivity index (χ4n) is 3.34. The van der Waals surface area contributed by atoms with Gasteiger partial charge in [0.25, 0.3) is 0 Å². The number of hydrogen-bond donors (Lipinski definition) is 4. The fraction of sp³-hybridized carbons (Fsp3) is 0.500. The number of hydrogen-bond acceptors (Lipinski definition) is 5. The van der Waals surface area contributed by atoms with Gasteiger partial charge in [-0.15, -0.1) is 0 Å². The molecule has 0 aromatic heterocycles. The third-order valence-corrected chi connectivity index (χ3v) is 4.89. The van der Waals surface area contributed by atoms with Crippen molar-refractivity contribution in [3.63, 3.8) is 0 Å². The number of alkyl carbamates (subject to hydrolysis) is 1. The molecule has 0 saturated heterocycles. The number of carbonyl (C=O) groups excluding carboxylic acids is 3. The lowest BCUT2D eigenvalue weighted by Gasteiger charge is -2.27. The zero-order chi connectivity index (χ0) is 20.4. The van der Waals surface area contributed by atoms with Gasteiger partial charge in [0.05, 0.1) is 0 Å². The SMILES string of the molecule is N=CC(NC(=O)[C@H](CC1CCCCC1)NC(=O)OCc1ccccc1)C(N)=O. The van der Waals surface area contributed by atoms with E-state index in [4.69, 9.17) is 15.9 Å². The Labute approximate surface area is 164 Å². The van der Waals surface area contributed by atoms with Crippen LogP contribution in [0.5, 0.6) is 0 Å². The van der Waals surface area contributed by atoms with Crippen molar-refractivity contribution in [1.29, 1.82) is 5.41 Å². The van der Waals surface area contributed by atoms with Gasteiger partial charge >= 0.3 is 6.09 Å². The number of primary amides is 1. The van der Waals surface area contributed by atoms with Crippen molar-refractivity contribution in [1.82, 2.24) is 10.6 Å². The lowest BCUT2D eigenvalue weighted by molar-refractivity contribution is -0.127. The molecule has 0 spiro atoms. The first kappa shape index (κ1) is 21.4. The van der Waals surface area contributed by atoms with Crippen LogP contribution in [0.4, 0.5) is 4.79 Å². The Bertz CT molecular complexity index is 674. The number of ether oxygens (including phenoxy) is 1. The van der Waals surface area contributed by atoms with E-state index in [1.165, 1.54) is 6.42 Å². The molecular weight excluding hydrogens is 360 g/mol. The third kappa shape index (κ3) is 7.02. The summed E-state index contributed by atoms with van der Waals surface area (Å²) in [7, 11) is 0. The number of rotatable bonds is 9. The molecule has 8 heteroatoms. The van der Waals surface area contributed by atoms with Gasteiger partial charge in [-0.2, -0.15) is 0 Å². The molecule has 1 unspecified atom stereocenters. The van der Waals surface area contributed by atoms with Gasteiger partial charge in [0.15, 0.2) is 0 Å². The number of amides is 3. The summed E-state index contributed by atoms with van der Waals surface area (Å²) in [5.74, 6) is -1.06. The van der Waals surface area contributed by atoms with E-state index >= 15 is 0 Å². The van der Waals surface area contributed by atoms with Crippen LogP contribution < -0.4 is 16.4 Å². The van der Waals surface area contributed by atoms with Gasteiger partial charge < -0.3 is 26.5 Å². The molecule has 0 aliphatic heterocycles. The van der Waals surface area contributed by atoms with Crippen molar-refractivity contribution < 1.29 is 19.1 Å². The van der Waals surface area contributed by atoms with Crippen LogP contribution in [0, 0.1) is 11.3 Å². The van der Waals surface area contributed by atoms with Crippen molar-refractivity contribution in [3.05, 3.63) is 35.9 Å². The summed E-state index contributed by atoms with van der Waals surface area (Å²) in [6, 6.07) is 7.17. The molecule has 1 aromatic carbocycles. The zero-order valence-corrected chi connectivity index (χ0v) is 15.9. The van der Waals surface area contributed by atoms with Crippen LogP contribution >= 0.6 is 0 Å². The van der Waals surface area contributed by atoms with Crippen molar-refractivity contribution in [2.45, 2.75) is 57.2 Å². The second-order valence-electron chi connectivity index (χ2n) is 7.05. The number of benzene rings is 1. The summed E-state index contributed by atoms with van der Waals surface area (Å²) in [5.41, 5.74) is 6.01. The Morgan fingerprint density at radius 2 is 1.82 bits per heavy atom. The first-order chi connectivity index (χ1) is 13.5. The first-order valence-corrected chi connectivity index (χ1v) is 9.57. The Kier molecular flexibility index (Phi) is 8.45. The molecule has 1 aromatic rings. The predicted molar refractivity (Wildman–Crippen MR) is 105 cm³/mol. The van der Waals surface area contributed by atoms with Crippen LogP contribution in [-0.2, 0) is 20.9 Å². The maximum Gasteiger partial charge on any atom is 0.408 e. The maximum absolute atomic E-state index is 12.6. The zero-order valence-electron chi connectivity index (χ0n) is 15.9. The van der Waals surface area contributed by atoms with E-state index in [0.717, 1.165) is 37.5 Å². The van der Waals surface area contributed by atoms with Gasteiger partial charge in [0, 0.05) is 6.21 Å². The van der Waals surface area contributed by atoms with E-state index in [2.05, 4.69) is 10.6 Å². The Morgan fingerprint density at radius 3 is 2.43 bits per heavy atom. The highest BCUT2D eigenvalue weighted by Crippen LogP contribution is 2.27. The minimum absolute atomic E-state index is 0.0921. The normalized spacial score (nSPS) is 16.4. The molecule has 2 atom stereocenters. The van der Waals surface area contributed by atoms with Gasteiger partial charge in [-0.3, -0.25) is 9.59 Å². The summed E-state index contributed by atoms with van der Waals surface area (Å²) in [6.07, 6.45) is 5.89. The summed E-state index contributed by atoms with van der Waals surface area (Å²) in [4.78, 5) is 36.1. The lowest BCUT2D eigenvalue weighted by Crippen LogP contribution is -2.54. The average Bonchev–Trinajstić information content (AvgIpc) is 2.71. The Balaban J connectivity index is 1.97. The molecule has 152 valence electrons. The Hall–Kier alpha value is -2.90. The molecule has 1 aliphatic rings. The van der Waals surface area contributed by atoms with Gasteiger partial charge in [-0.1, -0.05) is 62.4 Å². The van der Waals surface area contributed by atoms with Gasteiger partial charge in [-0.05, 0) is 17.9 Å². The van der Waals surface area contributed by atoms with E-state index in [1.807, 2.05) is 30.3 Å². The highest BCUT2D eigenvalue weighted by molar-refractivity contribution is 6.00. The summed E-state index contributed by atoms with van der Waals surface area (Å²) >= 11 is 0. The van der Waals surface area contributed by atoms with E-state index in [0.29, 0.717) is 12.3 Å². The molecule has 1 aliphatic carbocycles. The number of carbonyl (C=O) groups is 3. The number of nitrogens with two attached hydrogens (primary N) is 1. The number of nitrogens with one attached hydrogen (secondary N) is 3. The monoisotopic (exact) mass is 388 g/mol. The molecule has 0 heterocycles. The Morgan fingerprint density at radius 1 is 1.14 bits per heavy atom. The molecule has 2 rings (SSSR count). The van der Waals surface area contributed by atoms with Crippen molar-refractivity contribution in [2.75, 3.05) is 0 Å². The van der Waals surface area contributed by atoms with Crippen molar-refractivity contribution in [2.24, 2.45) is 11.7 Å². The van der Waals surface area contributed by atoms with Gasteiger partial charge in [-0.25, -0.2) is 4.79 Å². The second kappa shape index (κ2) is 11.1. The van der Waals surface area contributed by atoms with Crippen LogP contribution in [0.1, 0.15) is 44.1 Å². The smallest absolute Gasteiger partial charge is 0.408 e. The van der Waals surface area contributed by atoms with Gasteiger partial charge in [0.1, 0.15) is 18.7 Å². The maximum atomic E-state index is 12.6.